The fourth-order valence-corrected chi connectivity index (χ4v) is 4.02. The highest BCUT2D eigenvalue weighted by Gasteiger charge is 2.30. The summed E-state index contributed by atoms with van der Waals surface area (Å²) in [6.07, 6.45) is 6.33. The number of nitrogens with zero attached hydrogens (tertiary/aromatic N) is 2. The van der Waals surface area contributed by atoms with E-state index in [1.54, 1.807) is 7.11 Å². The summed E-state index contributed by atoms with van der Waals surface area (Å²) in [6, 6.07) is 10.2. The molecule has 28 heavy (non-hydrogen) atoms. The Balaban J connectivity index is 1.27. The number of amides is 1. The average molecular weight is 381 g/mol. The van der Waals surface area contributed by atoms with E-state index in [0.717, 1.165) is 49.5 Å². The minimum absolute atomic E-state index is 0.0982. The van der Waals surface area contributed by atoms with Crippen molar-refractivity contribution < 1.29 is 14.3 Å². The molecule has 6 heteroatoms. The van der Waals surface area contributed by atoms with Crippen LogP contribution in [0.4, 0.5) is 0 Å². The predicted octanol–water partition coefficient (Wildman–Crippen LogP) is 2.42. The molecular formula is C22H27N3O3. The maximum absolute atomic E-state index is 12.8. The van der Waals surface area contributed by atoms with Crippen LogP contribution >= 0.6 is 0 Å². The van der Waals surface area contributed by atoms with Crippen molar-refractivity contribution in [3.8, 4) is 11.5 Å². The van der Waals surface area contributed by atoms with Crippen molar-refractivity contribution in [1.29, 1.82) is 0 Å². The first kappa shape index (κ1) is 18.7. The second kappa shape index (κ2) is 8.61. The van der Waals surface area contributed by atoms with Gasteiger partial charge in [0.25, 0.3) is 0 Å². The summed E-state index contributed by atoms with van der Waals surface area (Å²) in [5.74, 6) is 1.46. The van der Waals surface area contributed by atoms with Gasteiger partial charge in [-0.1, -0.05) is 12.1 Å². The number of likely N-dealkylation sites (tertiary alicyclic amines) is 1. The van der Waals surface area contributed by atoms with Crippen molar-refractivity contribution in [3.63, 3.8) is 0 Å². The van der Waals surface area contributed by atoms with E-state index < -0.39 is 0 Å². The van der Waals surface area contributed by atoms with E-state index in [-0.39, 0.29) is 17.9 Å². The van der Waals surface area contributed by atoms with Crippen LogP contribution in [0.25, 0.3) is 0 Å². The highest BCUT2D eigenvalue weighted by Crippen LogP contribution is 2.36. The molecule has 148 valence electrons. The monoisotopic (exact) mass is 381 g/mol. The lowest BCUT2D eigenvalue weighted by atomic mass is 9.94. The number of nitrogens with one attached hydrogen (secondary N) is 1. The lowest BCUT2D eigenvalue weighted by Crippen LogP contribution is -2.47. The van der Waals surface area contributed by atoms with Gasteiger partial charge in [-0.25, -0.2) is 0 Å². The van der Waals surface area contributed by atoms with Gasteiger partial charge in [0.2, 0.25) is 5.91 Å². The first-order valence-electron chi connectivity index (χ1n) is 9.93. The Morgan fingerprint density at radius 3 is 2.79 bits per heavy atom. The molecule has 1 aromatic heterocycles. The van der Waals surface area contributed by atoms with E-state index >= 15 is 0 Å². The van der Waals surface area contributed by atoms with Gasteiger partial charge in [-0.3, -0.25) is 14.7 Å². The summed E-state index contributed by atoms with van der Waals surface area (Å²) < 4.78 is 11.2. The zero-order valence-corrected chi connectivity index (χ0v) is 16.3. The van der Waals surface area contributed by atoms with Crippen molar-refractivity contribution in [2.45, 2.75) is 31.8 Å². The number of hydrogen-bond acceptors (Lipinski definition) is 5. The zero-order valence-electron chi connectivity index (χ0n) is 16.3. The molecule has 4 rings (SSSR count). The molecule has 1 amide bonds. The average Bonchev–Trinajstić information content (AvgIpc) is 2.75. The third kappa shape index (κ3) is 4.28. The SMILES string of the molecule is COc1cccc2c1OC[C@@H](C(=O)NC1CCN(Cc3ccncc3)CC1)C2. The first-order chi connectivity index (χ1) is 13.7. The van der Waals surface area contributed by atoms with Crippen LogP contribution in [0.5, 0.6) is 11.5 Å². The number of methoxy groups -OCH3 is 1. The predicted molar refractivity (Wildman–Crippen MR) is 106 cm³/mol. The van der Waals surface area contributed by atoms with Gasteiger partial charge in [0.1, 0.15) is 6.61 Å². The number of carbonyl (C=O) groups excluding carboxylic acids is 1. The van der Waals surface area contributed by atoms with E-state index in [9.17, 15) is 4.79 Å². The lowest BCUT2D eigenvalue weighted by molar-refractivity contribution is -0.127. The quantitative estimate of drug-likeness (QED) is 0.862. The molecule has 0 spiro atoms. The Bertz CT molecular complexity index is 804. The Hall–Kier alpha value is -2.60. The van der Waals surface area contributed by atoms with Crippen LogP contribution in [-0.2, 0) is 17.8 Å². The number of rotatable bonds is 5. The third-order valence-corrected chi connectivity index (χ3v) is 5.64. The number of piperidine rings is 1. The van der Waals surface area contributed by atoms with Crippen LogP contribution in [0.15, 0.2) is 42.7 Å². The van der Waals surface area contributed by atoms with E-state index in [2.05, 4.69) is 27.3 Å². The number of carbonyl (C=O) groups is 1. The number of hydrogen-bond donors (Lipinski definition) is 1. The molecule has 0 unspecified atom stereocenters. The van der Waals surface area contributed by atoms with Gasteiger partial charge in [0.05, 0.1) is 13.0 Å². The van der Waals surface area contributed by atoms with Gasteiger partial charge < -0.3 is 14.8 Å². The molecule has 1 saturated heterocycles. The van der Waals surface area contributed by atoms with Gasteiger partial charge in [0.15, 0.2) is 11.5 Å². The normalized spacial score (nSPS) is 20.1. The van der Waals surface area contributed by atoms with E-state index in [1.165, 1.54) is 5.56 Å². The van der Waals surface area contributed by atoms with Gasteiger partial charge >= 0.3 is 0 Å². The second-order valence-electron chi connectivity index (χ2n) is 7.58. The molecule has 3 heterocycles. The molecule has 2 aliphatic heterocycles. The topological polar surface area (TPSA) is 63.7 Å². The molecule has 2 aromatic rings. The van der Waals surface area contributed by atoms with Gasteiger partial charge in [-0.15, -0.1) is 0 Å². The van der Waals surface area contributed by atoms with Gasteiger partial charge in [-0.05, 0) is 48.6 Å². The highest BCUT2D eigenvalue weighted by molar-refractivity contribution is 5.80. The highest BCUT2D eigenvalue weighted by atomic mass is 16.5. The molecule has 1 atom stereocenters. The number of fused-ring (bicyclic) bond motifs is 1. The molecule has 1 fully saturated rings. The van der Waals surface area contributed by atoms with Crippen LogP contribution in [0.1, 0.15) is 24.0 Å². The summed E-state index contributed by atoms with van der Waals surface area (Å²) in [7, 11) is 1.64. The summed E-state index contributed by atoms with van der Waals surface area (Å²) in [6.45, 7) is 3.33. The standard InChI is InChI=1S/C22H27N3O3/c1-27-20-4-2-3-17-13-18(15-28-21(17)20)22(26)24-19-7-11-25(12-8-19)14-16-5-9-23-10-6-16/h2-6,9-10,18-19H,7-8,11-15H2,1H3,(H,24,26)/t18-/m0/s1. The van der Waals surface area contributed by atoms with Crippen molar-refractivity contribution in [3.05, 3.63) is 53.9 Å². The number of ether oxygens (including phenoxy) is 2. The molecule has 0 aliphatic carbocycles. The Morgan fingerprint density at radius 1 is 1.25 bits per heavy atom. The summed E-state index contributed by atoms with van der Waals surface area (Å²) in [5, 5.41) is 3.25. The molecule has 1 N–H and O–H groups in total. The van der Waals surface area contributed by atoms with Gasteiger partial charge in [0, 0.05) is 38.1 Å². The Labute approximate surface area is 165 Å². The first-order valence-corrected chi connectivity index (χ1v) is 9.93. The minimum atomic E-state index is -0.144. The number of pyridine rings is 1. The zero-order chi connectivity index (χ0) is 19.3. The number of benzene rings is 1. The van der Waals surface area contributed by atoms with Gasteiger partial charge in [-0.2, -0.15) is 0 Å². The smallest absolute Gasteiger partial charge is 0.227 e. The lowest BCUT2D eigenvalue weighted by Gasteiger charge is -2.33. The van der Waals surface area contributed by atoms with Crippen molar-refractivity contribution in [2.75, 3.05) is 26.8 Å². The number of aromatic nitrogens is 1. The maximum Gasteiger partial charge on any atom is 0.227 e. The van der Waals surface area contributed by atoms with Crippen LogP contribution in [0, 0.1) is 5.92 Å². The van der Waals surface area contributed by atoms with E-state index in [0.29, 0.717) is 13.0 Å². The van der Waals surface area contributed by atoms with Crippen LogP contribution in [-0.4, -0.2) is 48.6 Å². The minimum Gasteiger partial charge on any atom is -0.493 e. The Morgan fingerprint density at radius 2 is 2.04 bits per heavy atom. The molecular weight excluding hydrogens is 354 g/mol. The molecule has 6 nitrogen and oxygen atoms in total. The fraction of sp³-hybridized carbons (Fsp3) is 0.455. The fourth-order valence-electron chi connectivity index (χ4n) is 4.02. The Kier molecular flexibility index (Phi) is 5.76. The van der Waals surface area contributed by atoms with E-state index in [4.69, 9.17) is 9.47 Å². The van der Waals surface area contributed by atoms with Crippen molar-refractivity contribution in [2.24, 2.45) is 5.92 Å². The van der Waals surface area contributed by atoms with Crippen LogP contribution < -0.4 is 14.8 Å². The number of para-hydroxylation sites is 1. The van der Waals surface area contributed by atoms with Crippen LogP contribution in [0.2, 0.25) is 0 Å². The maximum atomic E-state index is 12.8. The molecule has 1 aromatic carbocycles. The van der Waals surface area contributed by atoms with Crippen molar-refractivity contribution >= 4 is 5.91 Å². The summed E-state index contributed by atoms with van der Waals surface area (Å²) >= 11 is 0. The second-order valence-corrected chi connectivity index (χ2v) is 7.58. The molecule has 0 radical (unpaired) electrons. The molecule has 0 saturated carbocycles. The summed E-state index contributed by atoms with van der Waals surface area (Å²) in [5.41, 5.74) is 2.32. The van der Waals surface area contributed by atoms with Crippen LogP contribution in [0.3, 0.4) is 0 Å². The third-order valence-electron chi connectivity index (χ3n) is 5.64. The van der Waals surface area contributed by atoms with E-state index in [1.807, 2.05) is 30.6 Å². The molecule has 0 bridgehead atoms. The molecule has 2 aliphatic rings. The largest absolute Gasteiger partial charge is 0.493 e. The van der Waals surface area contributed by atoms with Crippen molar-refractivity contribution in [1.82, 2.24) is 15.2 Å². The summed E-state index contributed by atoms with van der Waals surface area (Å²) in [4.78, 5) is 19.3.